The molecule has 0 aliphatic carbocycles. The Hall–Kier alpha value is -3.22. The molecule has 7 nitrogen and oxygen atoms in total. The van der Waals surface area contributed by atoms with Crippen LogP contribution in [0.15, 0.2) is 36.4 Å². The molecule has 0 saturated heterocycles. The minimum atomic E-state index is -0.538. The van der Waals surface area contributed by atoms with Crippen molar-refractivity contribution in [1.29, 1.82) is 0 Å². The summed E-state index contributed by atoms with van der Waals surface area (Å²) in [6, 6.07) is 10.7. The van der Waals surface area contributed by atoms with Crippen LogP contribution in [0.4, 0.5) is 0 Å². The number of nitrogens with one attached hydrogen (secondary N) is 1. The van der Waals surface area contributed by atoms with Gasteiger partial charge in [-0.1, -0.05) is 24.3 Å². The highest BCUT2D eigenvalue weighted by Gasteiger charge is 2.32. The fourth-order valence-corrected chi connectivity index (χ4v) is 3.01. The highest BCUT2D eigenvalue weighted by Crippen LogP contribution is 2.29. The van der Waals surface area contributed by atoms with Gasteiger partial charge in [0.05, 0.1) is 7.11 Å². The summed E-state index contributed by atoms with van der Waals surface area (Å²) in [6.07, 6.45) is 0.405. The van der Waals surface area contributed by atoms with Crippen molar-refractivity contribution in [3.05, 3.63) is 47.5 Å². The van der Waals surface area contributed by atoms with E-state index in [1.807, 2.05) is 12.1 Å². The smallest absolute Gasteiger partial charge is 0.325 e. The van der Waals surface area contributed by atoms with E-state index in [-0.39, 0.29) is 37.2 Å². The molecule has 2 aromatic carbocycles. The summed E-state index contributed by atoms with van der Waals surface area (Å²) in [5.74, 6) is -1.58. The Labute approximate surface area is 149 Å². The fraction of sp³-hybridized carbons (Fsp3) is 0.263. The summed E-state index contributed by atoms with van der Waals surface area (Å²) in [5, 5.41) is 3.95. The quantitative estimate of drug-likeness (QED) is 0.627. The molecule has 0 atom stereocenters. The third kappa shape index (κ3) is 3.28. The number of carbonyl (C=O) groups excluding carboxylic acids is 4. The maximum atomic E-state index is 12.7. The van der Waals surface area contributed by atoms with E-state index < -0.39 is 5.97 Å². The molecular weight excluding hydrogens is 336 g/mol. The number of hydrogen-bond donors (Lipinski definition) is 1. The van der Waals surface area contributed by atoms with Crippen LogP contribution in [0.2, 0.25) is 0 Å². The molecule has 0 saturated carbocycles. The van der Waals surface area contributed by atoms with Crippen LogP contribution in [0.1, 0.15) is 33.6 Å². The Morgan fingerprint density at radius 1 is 1.04 bits per heavy atom. The molecule has 2 aromatic rings. The van der Waals surface area contributed by atoms with E-state index in [9.17, 15) is 19.2 Å². The van der Waals surface area contributed by atoms with E-state index in [4.69, 9.17) is 0 Å². The first kappa shape index (κ1) is 17.6. The van der Waals surface area contributed by atoms with Crippen LogP contribution in [0, 0.1) is 0 Å². The molecular formula is C19H18N2O5. The zero-order valence-corrected chi connectivity index (χ0v) is 14.3. The lowest BCUT2D eigenvalue weighted by atomic mass is 9.94. The van der Waals surface area contributed by atoms with Crippen LogP contribution in [-0.4, -0.2) is 48.8 Å². The number of rotatable bonds is 6. The first-order chi connectivity index (χ1) is 12.5. The summed E-state index contributed by atoms with van der Waals surface area (Å²) in [5.41, 5.74) is 0.987. The summed E-state index contributed by atoms with van der Waals surface area (Å²) in [4.78, 5) is 49.3. The lowest BCUT2D eigenvalue weighted by Crippen LogP contribution is -2.41. The average Bonchev–Trinajstić information content (AvgIpc) is 2.66. The fourth-order valence-electron chi connectivity index (χ4n) is 3.01. The van der Waals surface area contributed by atoms with Crippen LogP contribution in [0.3, 0.4) is 0 Å². The molecule has 1 aliphatic heterocycles. The maximum absolute atomic E-state index is 12.7. The van der Waals surface area contributed by atoms with Gasteiger partial charge >= 0.3 is 5.97 Å². The van der Waals surface area contributed by atoms with Crippen molar-refractivity contribution in [2.24, 2.45) is 0 Å². The molecule has 1 heterocycles. The molecule has 0 unspecified atom stereocenters. The lowest BCUT2D eigenvalue weighted by molar-refractivity contribution is -0.141. The summed E-state index contributed by atoms with van der Waals surface area (Å²) in [7, 11) is 1.24. The Balaban J connectivity index is 1.67. The van der Waals surface area contributed by atoms with Gasteiger partial charge in [-0.25, -0.2) is 0 Å². The monoisotopic (exact) mass is 354 g/mol. The maximum Gasteiger partial charge on any atom is 0.325 e. The van der Waals surface area contributed by atoms with Gasteiger partial charge < -0.3 is 10.1 Å². The number of nitrogens with zero attached hydrogens (tertiary/aromatic N) is 1. The number of amides is 3. The third-order valence-corrected chi connectivity index (χ3v) is 4.30. The molecule has 0 spiro atoms. The highest BCUT2D eigenvalue weighted by molar-refractivity contribution is 6.25. The molecule has 0 aromatic heterocycles. The Morgan fingerprint density at radius 2 is 1.65 bits per heavy atom. The third-order valence-electron chi connectivity index (χ3n) is 4.30. The molecule has 3 rings (SSSR count). The topological polar surface area (TPSA) is 92.8 Å². The summed E-state index contributed by atoms with van der Waals surface area (Å²) >= 11 is 0. The predicted octanol–water partition coefficient (Wildman–Crippen LogP) is 1.51. The van der Waals surface area contributed by atoms with Crippen molar-refractivity contribution in [3.8, 4) is 0 Å². The predicted molar refractivity (Wildman–Crippen MR) is 93.6 cm³/mol. The van der Waals surface area contributed by atoms with Crippen LogP contribution < -0.4 is 5.32 Å². The van der Waals surface area contributed by atoms with Crippen LogP contribution in [0.25, 0.3) is 10.8 Å². The van der Waals surface area contributed by atoms with Crippen molar-refractivity contribution in [1.82, 2.24) is 10.2 Å². The molecule has 0 bridgehead atoms. The number of ether oxygens (including phenoxy) is 1. The first-order valence-corrected chi connectivity index (χ1v) is 8.24. The lowest BCUT2D eigenvalue weighted by Gasteiger charge is -2.27. The van der Waals surface area contributed by atoms with Crippen molar-refractivity contribution >= 4 is 34.5 Å². The Bertz CT molecular complexity index is 855. The van der Waals surface area contributed by atoms with Gasteiger partial charge in [-0.2, -0.15) is 0 Å². The van der Waals surface area contributed by atoms with E-state index in [1.54, 1.807) is 24.3 Å². The number of hydrogen-bond acceptors (Lipinski definition) is 5. The minimum Gasteiger partial charge on any atom is -0.468 e. The average molecular weight is 354 g/mol. The van der Waals surface area contributed by atoms with Gasteiger partial charge in [-0.3, -0.25) is 24.1 Å². The van der Waals surface area contributed by atoms with Crippen molar-refractivity contribution in [2.75, 3.05) is 20.2 Å². The van der Waals surface area contributed by atoms with Gasteiger partial charge in [-0.05, 0) is 23.9 Å². The molecule has 1 N–H and O–H groups in total. The molecule has 0 fully saturated rings. The SMILES string of the molecule is COC(=O)CNC(=O)CCCN1C(=O)c2cccc3cccc(c23)C1=O. The van der Waals surface area contributed by atoms with E-state index >= 15 is 0 Å². The molecule has 7 heteroatoms. The second-order valence-corrected chi connectivity index (χ2v) is 5.93. The van der Waals surface area contributed by atoms with Gasteiger partial charge in [0.2, 0.25) is 5.91 Å². The number of carbonyl (C=O) groups is 4. The number of imide groups is 1. The zero-order chi connectivity index (χ0) is 18.7. The molecule has 134 valence electrons. The van der Waals surface area contributed by atoms with Crippen molar-refractivity contribution < 1.29 is 23.9 Å². The Kier molecular flexibility index (Phi) is 4.97. The number of benzene rings is 2. The van der Waals surface area contributed by atoms with Gasteiger partial charge in [-0.15, -0.1) is 0 Å². The minimum absolute atomic E-state index is 0.0971. The standard InChI is InChI=1S/C19H18N2O5/c1-26-16(23)11-20-15(22)9-4-10-21-18(24)13-7-2-5-12-6-3-8-14(17(12)13)19(21)25/h2-3,5-8H,4,9-11H2,1H3,(H,20,22). The van der Waals surface area contributed by atoms with Crippen LogP contribution >= 0.6 is 0 Å². The van der Waals surface area contributed by atoms with E-state index in [0.29, 0.717) is 22.9 Å². The van der Waals surface area contributed by atoms with Crippen LogP contribution in [0.5, 0.6) is 0 Å². The van der Waals surface area contributed by atoms with E-state index in [2.05, 4.69) is 10.1 Å². The zero-order valence-electron chi connectivity index (χ0n) is 14.3. The molecule has 0 radical (unpaired) electrons. The highest BCUT2D eigenvalue weighted by atomic mass is 16.5. The normalized spacial score (nSPS) is 13.0. The van der Waals surface area contributed by atoms with Crippen molar-refractivity contribution in [2.45, 2.75) is 12.8 Å². The Morgan fingerprint density at radius 3 is 2.23 bits per heavy atom. The summed E-state index contributed by atoms with van der Waals surface area (Å²) in [6.45, 7) is -0.0691. The number of methoxy groups -OCH3 is 1. The van der Waals surface area contributed by atoms with E-state index in [1.165, 1.54) is 12.0 Å². The molecule has 1 aliphatic rings. The molecule has 3 amide bonds. The van der Waals surface area contributed by atoms with Gasteiger partial charge in [0.1, 0.15) is 6.54 Å². The second-order valence-electron chi connectivity index (χ2n) is 5.93. The van der Waals surface area contributed by atoms with Gasteiger partial charge in [0.25, 0.3) is 11.8 Å². The molecule has 26 heavy (non-hydrogen) atoms. The second kappa shape index (κ2) is 7.35. The van der Waals surface area contributed by atoms with E-state index in [0.717, 1.165) is 5.39 Å². The van der Waals surface area contributed by atoms with Gasteiger partial charge in [0.15, 0.2) is 0 Å². The number of esters is 1. The van der Waals surface area contributed by atoms with Crippen LogP contribution in [-0.2, 0) is 14.3 Å². The van der Waals surface area contributed by atoms with Gasteiger partial charge in [0, 0.05) is 29.5 Å². The summed E-state index contributed by atoms with van der Waals surface area (Å²) < 4.78 is 4.44. The van der Waals surface area contributed by atoms with Crippen molar-refractivity contribution in [3.63, 3.8) is 0 Å². The first-order valence-electron chi connectivity index (χ1n) is 8.24. The largest absolute Gasteiger partial charge is 0.468 e.